The Bertz CT molecular complexity index is 301. The van der Waals surface area contributed by atoms with Crippen molar-refractivity contribution < 1.29 is 18.0 Å². The summed E-state index contributed by atoms with van der Waals surface area (Å²) in [5, 5.41) is 0. The van der Waals surface area contributed by atoms with Crippen LogP contribution in [-0.4, -0.2) is 36.0 Å². The maximum absolute atomic E-state index is 12.6. The molecule has 1 saturated carbocycles. The lowest BCUT2D eigenvalue weighted by atomic mass is 9.81. The Morgan fingerprint density at radius 2 is 1.80 bits per heavy atom. The van der Waals surface area contributed by atoms with Crippen molar-refractivity contribution in [2.45, 2.75) is 51.6 Å². The molecule has 20 heavy (non-hydrogen) atoms. The highest BCUT2D eigenvalue weighted by molar-refractivity contribution is 6.18. The average Bonchev–Trinajstić information content (AvgIpc) is 2.42. The zero-order valence-corrected chi connectivity index (χ0v) is 12.6. The Hall–Kier alpha value is -0.450. The monoisotopic (exact) mass is 313 g/mol. The van der Waals surface area contributed by atoms with E-state index in [1.807, 2.05) is 6.92 Å². The molecule has 0 atom stereocenters. The molecular formula is C14H23ClF3NO. The highest BCUT2D eigenvalue weighted by atomic mass is 35.5. The highest BCUT2D eigenvalue weighted by Gasteiger charge is 2.42. The minimum absolute atomic E-state index is 0.0141. The van der Waals surface area contributed by atoms with Crippen LogP contribution < -0.4 is 0 Å². The van der Waals surface area contributed by atoms with Gasteiger partial charge in [-0.2, -0.15) is 13.2 Å². The number of hydrogen-bond donors (Lipinski definition) is 0. The van der Waals surface area contributed by atoms with E-state index in [0.29, 0.717) is 31.8 Å². The summed E-state index contributed by atoms with van der Waals surface area (Å²) in [6.07, 6.45) is -1.41. The van der Waals surface area contributed by atoms with Crippen molar-refractivity contribution in [3.8, 4) is 0 Å². The first-order chi connectivity index (χ1) is 9.40. The molecule has 0 aromatic rings. The third-order valence-electron chi connectivity index (χ3n) is 3.99. The predicted molar refractivity (Wildman–Crippen MR) is 73.7 cm³/mol. The van der Waals surface area contributed by atoms with Crippen molar-refractivity contribution in [3.05, 3.63) is 0 Å². The smallest absolute Gasteiger partial charge is 0.341 e. The van der Waals surface area contributed by atoms with E-state index in [9.17, 15) is 18.0 Å². The summed E-state index contributed by atoms with van der Waals surface area (Å²) < 4.78 is 37.8. The number of unbranched alkanes of at least 4 members (excludes halogenated alkanes) is 1. The maximum Gasteiger partial charge on any atom is 0.391 e. The second-order valence-electron chi connectivity index (χ2n) is 5.46. The molecule has 0 unspecified atom stereocenters. The lowest BCUT2D eigenvalue weighted by Crippen LogP contribution is -2.40. The van der Waals surface area contributed by atoms with Gasteiger partial charge >= 0.3 is 6.18 Å². The van der Waals surface area contributed by atoms with Crippen LogP contribution in [-0.2, 0) is 4.79 Å². The van der Waals surface area contributed by atoms with Gasteiger partial charge in [0.05, 0.1) is 5.92 Å². The standard InChI is InChI=1S/C14H23ClF3NO/c1-2-3-9-19(10-8-15)13(20)11-4-6-12(7-5-11)14(16,17)18/h11-12H,2-10H2,1H3. The van der Waals surface area contributed by atoms with Crippen LogP contribution in [0.5, 0.6) is 0 Å². The largest absolute Gasteiger partial charge is 0.391 e. The Kier molecular flexibility index (Phi) is 7.13. The molecule has 0 bridgehead atoms. The minimum Gasteiger partial charge on any atom is -0.341 e. The molecule has 0 aliphatic heterocycles. The van der Waals surface area contributed by atoms with Crippen LogP contribution in [0.2, 0.25) is 0 Å². The number of halogens is 4. The van der Waals surface area contributed by atoms with Crippen molar-refractivity contribution in [1.29, 1.82) is 0 Å². The quantitative estimate of drug-likeness (QED) is 0.672. The normalized spacial score (nSPS) is 23.6. The first-order valence-corrected chi connectivity index (χ1v) is 7.85. The molecule has 1 aliphatic rings. The van der Waals surface area contributed by atoms with Gasteiger partial charge in [0.1, 0.15) is 0 Å². The Balaban J connectivity index is 2.51. The van der Waals surface area contributed by atoms with Gasteiger partial charge < -0.3 is 4.90 Å². The number of nitrogens with zero attached hydrogens (tertiary/aromatic N) is 1. The molecule has 2 nitrogen and oxygen atoms in total. The number of rotatable bonds is 6. The molecule has 118 valence electrons. The van der Waals surface area contributed by atoms with Gasteiger partial charge in [-0.3, -0.25) is 4.79 Å². The van der Waals surface area contributed by atoms with Gasteiger partial charge in [-0.05, 0) is 32.1 Å². The molecule has 1 rings (SSSR count). The summed E-state index contributed by atoms with van der Waals surface area (Å²) >= 11 is 5.70. The van der Waals surface area contributed by atoms with E-state index < -0.39 is 12.1 Å². The lowest BCUT2D eigenvalue weighted by Gasteiger charge is -2.32. The third kappa shape index (κ3) is 5.15. The number of carbonyl (C=O) groups excluding carboxylic acids is 1. The Morgan fingerprint density at radius 3 is 2.25 bits per heavy atom. The van der Waals surface area contributed by atoms with Gasteiger partial charge in [0.25, 0.3) is 0 Å². The van der Waals surface area contributed by atoms with Crippen LogP contribution in [0.4, 0.5) is 13.2 Å². The van der Waals surface area contributed by atoms with Crippen LogP contribution in [0.25, 0.3) is 0 Å². The van der Waals surface area contributed by atoms with Crippen LogP contribution in [0.15, 0.2) is 0 Å². The van der Waals surface area contributed by atoms with Crippen molar-refractivity contribution in [2.75, 3.05) is 19.0 Å². The fourth-order valence-electron chi connectivity index (χ4n) is 2.71. The zero-order valence-electron chi connectivity index (χ0n) is 11.9. The topological polar surface area (TPSA) is 20.3 Å². The summed E-state index contributed by atoms with van der Waals surface area (Å²) in [6, 6.07) is 0. The molecule has 0 saturated heterocycles. The van der Waals surface area contributed by atoms with Crippen molar-refractivity contribution in [3.63, 3.8) is 0 Å². The lowest BCUT2D eigenvalue weighted by molar-refractivity contribution is -0.185. The Morgan fingerprint density at radius 1 is 1.20 bits per heavy atom. The molecule has 1 amide bonds. The van der Waals surface area contributed by atoms with Crippen LogP contribution in [0, 0.1) is 11.8 Å². The molecule has 0 N–H and O–H groups in total. The molecule has 0 spiro atoms. The van der Waals surface area contributed by atoms with Gasteiger partial charge in [-0.15, -0.1) is 11.6 Å². The molecule has 0 radical (unpaired) electrons. The number of carbonyl (C=O) groups is 1. The van der Waals surface area contributed by atoms with E-state index in [1.54, 1.807) is 4.90 Å². The summed E-state index contributed by atoms with van der Waals surface area (Å²) in [5.74, 6) is -1.13. The van der Waals surface area contributed by atoms with E-state index in [0.717, 1.165) is 12.8 Å². The number of amides is 1. The van der Waals surface area contributed by atoms with E-state index >= 15 is 0 Å². The molecule has 0 heterocycles. The summed E-state index contributed by atoms with van der Waals surface area (Å²) in [6.45, 7) is 3.18. The highest BCUT2D eigenvalue weighted by Crippen LogP contribution is 2.39. The van der Waals surface area contributed by atoms with Crippen molar-refractivity contribution >= 4 is 17.5 Å². The molecule has 6 heteroatoms. The maximum atomic E-state index is 12.6. The van der Waals surface area contributed by atoms with E-state index in [-0.39, 0.29) is 24.7 Å². The summed E-state index contributed by atoms with van der Waals surface area (Å²) in [5.41, 5.74) is 0. The summed E-state index contributed by atoms with van der Waals surface area (Å²) in [7, 11) is 0. The molecular weight excluding hydrogens is 291 g/mol. The van der Waals surface area contributed by atoms with Gasteiger partial charge in [-0.25, -0.2) is 0 Å². The van der Waals surface area contributed by atoms with Crippen LogP contribution in [0.3, 0.4) is 0 Å². The first-order valence-electron chi connectivity index (χ1n) is 7.31. The van der Waals surface area contributed by atoms with Gasteiger partial charge in [-0.1, -0.05) is 13.3 Å². The first kappa shape index (κ1) is 17.6. The predicted octanol–water partition coefficient (Wildman–Crippen LogP) is 4.22. The van der Waals surface area contributed by atoms with Crippen LogP contribution in [0.1, 0.15) is 45.4 Å². The van der Waals surface area contributed by atoms with E-state index in [1.165, 1.54) is 0 Å². The van der Waals surface area contributed by atoms with Gasteiger partial charge in [0.15, 0.2) is 0 Å². The second kappa shape index (κ2) is 8.11. The van der Waals surface area contributed by atoms with Crippen molar-refractivity contribution in [1.82, 2.24) is 4.90 Å². The minimum atomic E-state index is -4.12. The van der Waals surface area contributed by atoms with Gasteiger partial charge in [0.2, 0.25) is 5.91 Å². The number of hydrogen-bond acceptors (Lipinski definition) is 1. The van der Waals surface area contributed by atoms with Gasteiger partial charge in [0, 0.05) is 24.9 Å². The van der Waals surface area contributed by atoms with Crippen molar-refractivity contribution in [2.24, 2.45) is 11.8 Å². The molecule has 0 aromatic carbocycles. The fourth-order valence-corrected chi connectivity index (χ4v) is 2.91. The SMILES string of the molecule is CCCCN(CCCl)C(=O)C1CCC(C(F)(F)F)CC1. The fraction of sp³-hybridized carbons (Fsp3) is 0.929. The third-order valence-corrected chi connectivity index (χ3v) is 4.16. The number of alkyl halides is 4. The zero-order chi connectivity index (χ0) is 15.2. The Labute approximate surface area is 123 Å². The van der Waals surface area contributed by atoms with E-state index in [2.05, 4.69) is 0 Å². The van der Waals surface area contributed by atoms with Crippen LogP contribution >= 0.6 is 11.6 Å². The summed E-state index contributed by atoms with van der Waals surface area (Å²) in [4.78, 5) is 14.1. The van der Waals surface area contributed by atoms with E-state index in [4.69, 9.17) is 11.6 Å². The average molecular weight is 314 g/mol. The second-order valence-corrected chi connectivity index (χ2v) is 5.84. The molecule has 1 fully saturated rings. The molecule has 0 aromatic heterocycles. The molecule has 1 aliphatic carbocycles.